The lowest BCUT2D eigenvalue weighted by molar-refractivity contribution is 0.102. The fourth-order valence-corrected chi connectivity index (χ4v) is 3.67. The summed E-state index contributed by atoms with van der Waals surface area (Å²) in [7, 11) is -2.30. The summed E-state index contributed by atoms with van der Waals surface area (Å²) in [5, 5.41) is 3.09. The number of carbonyl (C=O) groups is 1. The Labute approximate surface area is 170 Å². The van der Waals surface area contributed by atoms with Crippen LogP contribution in [0.1, 0.15) is 23.7 Å². The van der Waals surface area contributed by atoms with Crippen LogP contribution in [-0.2, 0) is 14.8 Å². The maximum Gasteiger partial charge on any atom is 0.255 e. The van der Waals surface area contributed by atoms with Crippen LogP contribution in [0.25, 0.3) is 0 Å². The molecule has 0 saturated heterocycles. The maximum atomic E-state index is 12.5. The average molecular weight is 427 g/mol. The van der Waals surface area contributed by atoms with E-state index in [-0.39, 0.29) is 17.1 Å². The molecule has 7 nitrogen and oxygen atoms in total. The predicted molar refractivity (Wildman–Crippen MR) is 109 cm³/mol. The molecule has 2 rings (SSSR count). The van der Waals surface area contributed by atoms with Crippen molar-refractivity contribution in [1.82, 2.24) is 4.72 Å². The van der Waals surface area contributed by atoms with Crippen LogP contribution in [0.2, 0.25) is 5.02 Å². The molecule has 0 spiro atoms. The van der Waals surface area contributed by atoms with E-state index in [1.165, 1.54) is 31.4 Å². The third-order valence-corrected chi connectivity index (χ3v) is 5.47. The predicted octanol–water partition coefficient (Wildman–Crippen LogP) is 3.31. The van der Waals surface area contributed by atoms with Crippen molar-refractivity contribution in [2.45, 2.75) is 18.2 Å². The maximum absolute atomic E-state index is 12.5. The summed E-state index contributed by atoms with van der Waals surface area (Å²) < 4.78 is 37.9. The topological polar surface area (TPSA) is 93.7 Å². The Bertz CT molecular complexity index is 918. The van der Waals surface area contributed by atoms with E-state index in [1.54, 1.807) is 18.2 Å². The van der Waals surface area contributed by atoms with Crippen molar-refractivity contribution in [2.24, 2.45) is 0 Å². The quantitative estimate of drug-likeness (QED) is 0.568. The van der Waals surface area contributed by atoms with Crippen molar-refractivity contribution in [3.8, 4) is 5.75 Å². The fraction of sp³-hybridized carbons (Fsp3) is 0.316. The molecule has 0 aliphatic carbocycles. The lowest BCUT2D eigenvalue weighted by Crippen LogP contribution is -2.26. The molecule has 0 heterocycles. The van der Waals surface area contributed by atoms with E-state index in [0.29, 0.717) is 36.0 Å². The van der Waals surface area contributed by atoms with Gasteiger partial charge in [-0.25, -0.2) is 13.1 Å². The summed E-state index contributed by atoms with van der Waals surface area (Å²) in [4.78, 5) is 12.5. The molecule has 152 valence electrons. The summed E-state index contributed by atoms with van der Waals surface area (Å²) in [6.45, 7) is 3.18. The first-order valence-corrected chi connectivity index (χ1v) is 10.6. The third-order valence-electron chi connectivity index (χ3n) is 3.78. The van der Waals surface area contributed by atoms with Crippen LogP contribution in [0.3, 0.4) is 0 Å². The Morgan fingerprint density at radius 1 is 1.18 bits per heavy atom. The molecule has 0 unspecified atom stereocenters. The Morgan fingerprint density at radius 3 is 2.64 bits per heavy atom. The number of ether oxygens (including phenoxy) is 2. The highest BCUT2D eigenvalue weighted by Gasteiger charge is 2.18. The van der Waals surface area contributed by atoms with Gasteiger partial charge in [0.25, 0.3) is 5.91 Å². The number of anilines is 1. The Kier molecular flexibility index (Phi) is 8.25. The van der Waals surface area contributed by atoms with Gasteiger partial charge in [-0.3, -0.25) is 4.79 Å². The second-order valence-corrected chi connectivity index (χ2v) is 7.98. The number of halogens is 1. The molecule has 0 saturated carbocycles. The molecule has 1 amide bonds. The number of benzene rings is 2. The molecule has 2 aromatic rings. The first-order valence-electron chi connectivity index (χ1n) is 8.69. The molecule has 2 aromatic carbocycles. The number of hydrogen-bond acceptors (Lipinski definition) is 5. The van der Waals surface area contributed by atoms with Crippen molar-refractivity contribution >= 4 is 33.2 Å². The van der Waals surface area contributed by atoms with Crippen LogP contribution in [0.15, 0.2) is 47.4 Å². The summed E-state index contributed by atoms with van der Waals surface area (Å²) in [5.74, 6) is -0.0919. The number of sulfonamides is 1. The summed E-state index contributed by atoms with van der Waals surface area (Å²) in [6.07, 6.45) is 0.557. The highest BCUT2D eigenvalue weighted by molar-refractivity contribution is 7.89. The van der Waals surface area contributed by atoms with Crippen molar-refractivity contribution < 1.29 is 22.7 Å². The zero-order chi connectivity index (χ0) is 20.6. The van der Waals surface area contributed by atoms with E-state index in [4.69, 9.17) is 21.1 Å². The zero-order valence-corrected chi connectivity index (χ0v) is 17.3. The number of methoxy groups -OCH3 is 1. The van der Waals surface area contributed by atoms with E-state index in [1.807, 2.05) is 6.92 Å². The minimum absolute atomic E-state index is 0.0195. The van der Waals surface area contributed by atoms with Gasteiger partial charge in [-0.2, -0.15) is 0 Å². The number of rotatable bonds is 10. The Balaban J connectivity index is 2.17. The van der Waals surface area contributed by atoms with E-state index in [9.17, 15) is 13.2 Å². The van der Waals surface area contributed by atoms with Gasteiger partial charge in [0, 0.05) is 30.3 Å². The Morgan fingerprint density at radius 2 is 1.96 bits per heavy atom. The Hall–Kier alpha value is -2.13. The number of amides is 1. The van der Waals surface area contributed by atoms with Crippen molar-refractivity contribution in [1.29, 1.82) is 0 Å². The molecule has 9 heteroatoms. The first-order chi connectivity index (χ1) is 13.4. The number of carbonyl (C=O) groups excluding carboxylic acids is 1. The van der Waals surface area contributed by atoms with E-state index in [2.05, 4.69) is 10.0 Å². The molecule has 0 aliphatic rings. The molecule has 0 radical (unpaired) electrons. The van der Waals surface area contributed by atoms with E-state index in [0.717, 1.165) is 0 Å². The van der Waals surface area contributed by atoms with Crippen LogP contribution >= 0.6 is 11.6 Å². The van der Waals surface area contributed by atoms with Gasteiger partial charge in [-0.05, 0) is 49.7 Å². The largest absolute Gasteiger partial charge is 0.495 e. The van der Waals surface area contributed by atoms with Gasteiger partial charge in [0.05, 0.1) is 17.7 Å². The highest BCUT2D eigenvalue weighted by Crippen LogP contribution is 2.28. The van der Waals surface area contributed by atoms with Gasteiger partial charge in [0.15, 0.2) is 0 Å². The third kappa shape index (κ3) is 6.20. The highest BCUT2D eigenvalue weighted by atomic mass is 35.5. The molecule has 0 atom stereocenters. The van der Waals surface area contributed by atoms with Crippen molar-refractivity contribution in [2.75, 3.05) is 32.2 Å². The fourth-order valence-electron chi connectivity index (χ4n) is 2.38. The van der Waals surface area contributed by atoms with Crippen LogP contribution < -0.4 is 14.8 Å². The van der Waals surface area contributed by atoms with Gasteiger partial charge in [-0.1, -0.05) is 17.7 Å². The zero-order valence-electron chi connectivity index (χ0n) is 15.7. The van der Waals surface area contributed by atoms with Crippen LogP contribution in [0.5, 0.6) is 5.75 Å². The SMILES string of the molecule is CCOCCCNS(=O)(=O)c1ccc(OC)c(NC(=O)c2cccc(Cl)c2)c1. The molecular formula is C19H23ClN2O5S. The second-order valence-electron chi connectivity index (χ2n) is 5.77. The molecule has 0 aromatic heterocycles. The van der Waals surface area contributed by atoms with Gasteiger partial charge in [0.2, 0.25) is 10.0 Å². The molecule has 0 bridgehead atoms. The number of hydrogen-bond donors (Lipinski definition) is 2. The smallest absolute Gasteiger partial charge is 0.255 e. The van der Waals surface area contributed by atoms with Gasteiger partial charge in [0.1, 0.15) is 5.75 Å². The summed E-state index contributed by atoms with van der Waals surface area (Å²) in [5.41, 5.74) is 0.585. The second kappa shape index (κ2) is 10.4. The molecule has 0 aliphatic heterocycles. The van der Waals surface area contributed by atoms with E-state index >= 15 is 0 Å². The molecule has 2 N–H and O–H groups in total. The lowest BCUT2D eigenvalue weighted by Gasteiger charge is -2.13. The standard InChI is InChI=1S/C19H23ClN2O5S/c1-3-27-11-5-10-21-28(24,25)16-8-9-18(26-2)17(13-16)22-19(23)14-6-4-7-15(20)12-14/h4,6-9,12-13,21H,3,5,10-11H2,1-2H3,(H,22,23). The van der Waals surface area contributed by atoms with Crippen molar-refractivity contribution in [3.05, 3.63) is 53.1 Å². The number of nitrogens with one attached hydrogen (secondary N) is 2. The average Bonchev–Trinajstić information content (AvgIpc) is 2.67. The van der Waals surface area contributed by atoms with Gasteiger partial charge < -0.3 is 14.8 Å². The first kappa shape index (κ1) is 22.2. The van der Waals surface area contributed by atoms with Crippen LogP contribution in [0, 0.1) is 0 Å². The van der Waals surface area contributed by atoms with Gasteiger partial charge >= 0.3 is 0 Å². The lowest BCUT2D eigenvalue weighted by atomic mass is 10.2. The minimum atomic E-state index is -3.74. The minimum Gasteiger partial charge on any atom is -0.495 e. The van der Waals surface area contributed by atoms with Crippen LogP contribution in [-0.4, -0.2) is 41.2 Å². The van der Waals surface area contributed by atoms with E-state index < -0.39 is 15.9 Å². The van der Waals surface area contributed by atoms with Crippen LogP contribution in [0.4, 0.5) is 5.69 Å². The van der Waals surface area contributed by atoms with Gasteiger partial charge in [-0.15, -0.1) is 0 Å². The molecule has 28 heavy (non-hydrogen) atoms. The molecule has 0 fully saturated rings. The monoisotopic (exact) mass is 426 g/mol. The molecular weight excluding hydrogens is 404 g/mol. The normalized spacial score (nSPS) is 11.2. The summed E-state index contributed by atoms with van der Waals surface area (Å²) in [6, 6.07) is 10.7. The van der Waals surface area contributed by atoms with Crippen molar-refractivity contribution in [3.63, 3.8) is 0 Å². The summed E-state index contributed by atoms with van der Waals surface area (Å²) >= 11 is 5.91.